The van der Waals surface area contributed by atoms with Gasteiger partial charge in [-0.25, -0.2) is 0 Å². The average Bonchev–Trinajstić information content (AvgIpc) is 2.31. The van der Waals surface area contributed by atoms with Crippen LogP contribution in [-0.2, 0) is 0 Å². The Hall–Kier alpha value is -0.690. The summed E-state index contributed by atoms with van der Waals surface area (Å²) in [6.45, 7) is 4.42. The minimum Gasteiger partial charge on any atom is -0.382 e. The topological polar surface area (TPSA) is 12.0 Å². The van der Waals surface area contributed by atoms with Crippen molar-refractivity contribution in [1.29, 1.82) is 0 Å². The van der Waals surface area contributed by atoms with Crippen LogP contribution in [0, 0.1) is 0 Å². The predicted octanol–water partition coefficient (Wildman–Crippen LogP) is 3.26. The summed E-state index contributed by atoms with van der Waals surface area (Å²) in [5.74, 6) is 0.568. The molecule has 1 aliphatic heterocycles. The van der Waals surface area contributed by atoms with Crippen molar-refractivity contribution in [2.45, 2.75) is 25.8 Å². The lowest BCUT2D eigenvalue weighted by molar-refractivity contribution is 0.690. The van der Waals surface area contributed by atoms with Crippen LogP contribution in [0.1, 0.15) is 25.3 Å². The van der Waals surface area contributed by atoms with Gasteiger partial charge in [0.25, 0.3) is 0 Å². The van der Waals surface area contributed by atoms with Crippen LogP contribution < -0.4 is 5.32 Å². The Morgan fingerprint density at radius 2 is 2.08 bits per heavy atom. The van der Waals surface area contributed by atoms with E-state index in [0.717, 1.165) is 5.02 Å². The second-order valence-electron chi connectivity index (χ2n) is 3.45. The van der Waals surface area contributed by atoms with Gasteiger partial charge in [-0.2, -0.15) is 0 Å². The van der Waals surface area contributed by atoms with E-state index < -0.39 is 0 Å². The first kappa shape index (κ1) is 7.93. The van der Waals surface area contributed by atoms with Crippen molar-refractivity contribution in [1.82, 2.24) is 0 Å². The van der Waals surface area contributed by atoms with Gasteiger partial charge < -0.3 is 5.32 Å². The highest BCUT2D eigenvalue weighted by atomic mass is 35.5. The Bertz CT molecular complexity index is 309. The molecule has 64 valence electrons. The molecule has 0 saturated carbocycles. The van der Waals surface area contributed by atoms with Gasteiger partial charge in [-0.15, -0.1) is 0 Å². The first-order valence-electron chi connectivity index (χ1n) is 4.24. The normalized spacial score (nSPS) is 26.6. The van der Waals surface area contributed by atoms with Gasteiger partial charge in [0.1, 0.15) is 0 Å². The Balaban J connectivity index is 2.48. The van der Waals surface area contributed by atoms with Crippen molar-refractivity contribution in [3.8, 4) is 0 Å². The molecule has 1 nitrogen and oxygen atoms in total. The molecule has 2 atom stereocenters. The van der Waals surface area contributed by atoms with Gasteiger partial charge in [0, 0.05) is 22.7 Å². The van der Waals surface area contributed by atoms with Crippen LogP contribution in [0.5, 0.6) is 0 Å². The van der Waals surface area contributed by atoms with Gasteiger partial charge in [0.15, 0.2) is 0 Å². The zero-order chi connectivity index (χ0) is 8.72. The van der Waals surface area contributed by atoms with Crippen LogP contribution >= 0.6 is 11.6 Å². The summed E-state index contributed by atoms with van der Waals surface area (Å²) in [5.41, 5.74) is 2.58. The van der Waals surface area contributed by atoms with Crippen molar-refractivity contribution in [3.63, 3.8) is 0 Å². The minimum absolute atomic E-state index is 0.526. The maximum Gasteiger partial charge on any atom is 0.0410 e. The Morgan fingerprint density at radius 3 is 2.83 bits per heavy atom. The molecule has 1 heterocycles. The van der Waals surface area contributed by atoms with E-state index in [-0.39, 0.29) is 0 Å². The van der Waals surface area contributed by atoms with Crippen molar-refractivity contribution >= 4 is 17.3 Å². The molecule has 1 aromatic rings. The monoisotopic (exact) mass is 181 g/mol. The fourth-order valence-corrected chi connectivity index (χ4v) is 1.86. The first-order chi connectivity index (χ1) is 5.68. The summed E-state index contributed by atoms with van der Waals surface area (Å²) in [5, 5.41) is 4.25. The van der Waals surface area contributed by atoms with Gasteiger partial charge in [-0.05, 0) is 30.7 Å². The quantitative estimate of drug-likeness (QED) is 0.648. The molecule has 0 fully saturated rings. The van der Waals surface area contributed by atoms with Gasteiger partial charge in [0.05, 0.1) is 0 Å². The standard InChI is InChI=1S/C10H12ClN/c1-6-7(2)12-10-4-3-8(11)5-9(6)10/h3-7,12H,1-2H3/t6-,7+/m0/s1. The molecular formula is C10H12ClN. The molecule has 0 unspecified atom stereocenters. The lowest BCUT2D eigenvalue weighted by Gasteiger charge is -2.08. The van der Waals surface area contributed by atoms with Crippen LogP contribution in [0.2, 0.25) is 5.02 Å². The molecule has 0 amide bonds. The van der Waals surface area contributed by atoms with E-state index in [0.29, 0.717) is 12.0 Å². The Morgan fingerprint density at radius 1 is 1.33 bits per heavy atom. The lowest BCUT2D eigenvalue weighted by atomic mass is 9.99. The number of halogens is 1. The van der Waals surface area contributed by atoms with Crippen LogP contribution in [0.25, 0.3) is 0 Å². The average molecular weight is 182 g/mol. The molecule has 1 aromatic carbocycles. The minimum atomic E-state index is 0.526. The molecule has 0 aliphatic carbocycles. The van der Waals surface area contributed by atoms with Crippen LogP contribution in [0.4, 0.5) is 5.69 Å². The molecule has 0 saturated heterocycles. The predicted molar refractivity (Wildman–Crippen MR) is 53.0 cm³/mol. The van der Waals surface area contributed by atoms with Crippen molar-refractivity contribution in [3.05, 3.63) is 28.8 Å². The number of hydrogen-bond acceptors (Lipinski definition) is 1. The number of hydrogen-bond donors (Lipinski definition) is 1. The molecule has 0 radical (unpaired) electrons. The van der Waals surface area contributed by atoms with E-state index >= 15 is 0 Å². The van der Waals surface area contributed by atoms with E-state index in [1.807, 2.05) is 6.07 Å². The van der Waals surface area contributed by atoms with Crippen molar-refractivity contribution in [2.75, 3.05) is 5.32 Å². The van der Waals surface area contributed by atoms with Crippen LogP contribution in [-0.4, -0.2) is 6.04 Å². The Kier molecular flexibility index (Phi) is 1.76. The zero-order valence-corrected chi connectivity index (χ0v) is 8.02. The number of rotatable bonds is 0. The van der Waals surface area contributed by atoms with Gasteiger partial charge in [-0.3, -0.25) is 0 Å². The molecular weight excluding hydrogens is 170 g/mol. The Labute approximate surface area is 77.7 Å². The molecule has 0 aromatic heterocycles. The molecule has 1 N–H and O–H groups in total. The van der Waals surface area contributed by atoms with E-state index in [4.69, 9.17) is 11.6 Å². The number of fused-ring (bicyclic) bond motifs is 1. The summed E-state index contributed by atoms with van der Waals surface area (Å²) in [7, 11) is 0. The van der Waals surface area contributed by atoms with Gasteiger partial charge in [0.2, 0.25) is 0 Å². The summed E-state index contributed by atoms with van der Waals surface area (Å²) in [6.07, 6.45) is 0. The summed E-state index contributed by atoms with van der Waals surface area (Å²) < 4.78 is 0. The molecule has 12 heavy (non-hydrogen) atoms. The lowest BCUT2D eigenvalue weighted by Crippen LogP contribution is -2.12. The maximum atomic E-state index is 5.91. The SMILES string of the molecule is C[C@@H]1c2cc(Cl)ccc2N[C@@H]1C. The second kappa shape index (κ2) is 2.67. The summed E-state index contributed by atoms with van der Waals surface area (Å²) in [4.78, 5) is 0. The largest absolute Gasteiger partial charge is 0.382 e. The third-order valence-electron chi connectivity index (χ3n) is 2.64. The van der Waals surface area contributed by atoms with E-state index in [1.54, 1.807) is 0 Å². The smallest absolute Gasteiger partial charge is 0.0410 e. The number of anilines is 1. The fraction of sp³-hybridized carbons (Fsp3) is 0.400. The molecule has 2 heteroatoms. The molecule has 1 aliphatic rings. The highest BCUT2D eigenvalue weighted by Gasteiger charge is 2.24. The molecule has 0 bridgehead atoms. The molecule has 0 spiro atoms. The third kappa shape index (κ3) is 1.09. The number of benzene rings is 1. The second-order valence-corrected chi connectivity index (χ2v) is 3.89. The highest BCUT2D eigenvalue weighted by Crippen LogP contribution is 2.36. The van der Waals surface area contributed by atoms with E-state index in [2.05, 4.69) is 31.3 Å². The first-order valence-corrected chi connectivity index (χ1v) is 4.62. The van der Waals surface area contributed by atoms with E-state index in [1.165, 1.54) is 11.3 Å². The third-order valence-corrected chi connectivity index (χ3v) is 2.87. The van der Waals surface area contributed by atoms with Crippen LogP contribution in [0.15, 0.2) is 18.2 Å². The van der Waals surface area contributed by atoms with Crippen molar-refractivity contribution < 1.29 is 0 Å². The summed E-state index contributed by atoms with van der Waals surface area (Å²) in [6, 6.07) is 6.56. The number of nitrogens with one attached hydrogen (secondary N) is 1. The summed E-state index contributed by atoms with van der Waals surface area (Å²) >= 11 is 5.91. The fourth-order valence-electron chi connectivity index (χ4n) is 1.68. The maximum absolute atomic E-state index is 5.91. The van der Waals surface area contributed by atoms with Crippen LogP contribution in [0.3, 0.4) is 0 Å². The van der Waals surface area contributed by atoms with E-state index in [9.17, 15) is 0 Å². The van der Waals surface area contributed by atoms with Crippen molar-refractivity contribution in [2.24, 2.45) is 0 Å². The highest BCUT2D eigenvalue weighted by molar-refractivity contribution is 6.30. The van der Waals surface area contributed by atoms with Gasteiger partial charge in [-0.1, -0.05) is 18.5 Å². The zero-order valence-electron chi connectivity index (χ0n) is 7.26. The molecule has 2 rings (SSSR count). The van der Waals surface area contributed by atoms with Gasteiger partial charge >= 0.3 is 0 Å².